The minimum Gasteiger partial charge on any atom is -0.347 e. The molecular weight excluding hydrogens is 653 g/mol. The summed E-state index contributed by atoms with van der Waals surface area (Å²) in [6.45, 7) is 3.31. The summed E-state index contributed by atoms with van der Waals surface area (Å²) in [5.74, 6) is 38.1. The largest absolute Gasteiger partial charge is 0.347 e. The standard InChI is InChI=1S/C18H31NO4S.C18H2.H3NO4S.14H2/c1-2-3-4-5-6-7-8-10-18(22-11-12-23-18)14-16(20)19-15-9-13-24-17(15)21;1-3-5-7-9-11-13-15-17-18-16-14-12-10-8-6-4-2;2-3-1-4-5-6;;;;;;;;;;;;;;/h15H,2-14H2,1H3,(H,19,20);1-2H;1-2,6H;14*1H. The molecule has 2 aliphatic rings. The lowest BCUT2D eigenvalue weighted by molar-refractivity contribution is -0.437. The van der Waals surface area contributed by atoms with Gasteiger partial charge in [-0.15, -0.1) is 27.2 Å². The number of hydrogen-bond donors (Lipinski definition) is 4. The summed E-state index contributed by atoms with van der Waals surface area (Å²) in [5, 5.41) is 10.3. The van der Waals surface area contributed by atoms with Crippen LogP contribution in [0.5, 0.6) is 0 Å². The molecule has 2 aliphatic heterocycles. The highest BCUT2D eigenvalue weighted by Gasteiger charge is 2.39. The third-order valence-electron chi connectivity index (χ3n) is 5.74. The van der Waals surface area contributed by atoms with Gasteiger partial charge in [-0.1, -0.05) is 57.2 Å². The van der Waals surface area contributed by atoms with E-state index in [0.29, 0.717) is 13.2 Å². The van der Waals surface area contributed by atoms with E-state index in [1.165, 1.54) is 49.5 Å². The van der Waals surface area contributed by atoms with Gasteiger partial charge in [0.25, 0.3) is 0 Å². The molecule has 0 aromatic carbocycles. The highest BCUT2D eigenvalue weighted by atomic mass is 32.2. The first-order valence-corrected chi connectivity index (χ1v) is 16.0. The van der Waals surface area contributed by atoms with Crippen molar-refractivity contribution in [2.45, 2.75) is 83.0 Å². The average molecular weight is 717 g/mol. The fraction of sp³-hybridized carbons (Fsp3) is 0.444. The molecule has 0 saturated carbocycles. The lowest BCUT2D eigenvalue weighted by atomic mass is 10.0. The number of ether oxygens (including phenoxy) is 2. The quantitative estimate of drug-likeness (QED) is 0.0380. The molecule has 12 heteroatoms. The number of carbonyl (C=O) groups is 2. The van der Waals surface area contributed by atoms with Crippen LogP contribution < -0.4 is 11.0 Å². The smallest absolute Gasteiger partial charge is 0.226 e. The summed E-state index contributed by atoms with van der Waals surface area (Å²) in [5.41, 5.74) is 1.45. The molecule has 278 valence electrons. The molecule has 2 fully saturated rings. The third kappa shape index (κ3) is 25.8. The summed E-state index contributed by atoms with van der Waals surface area (Å²) >= 11 is 4.38. The van der Waals surface area contributed by atoms with Gasteiger partial charge in [0.1, 0.15) is 0 Å². The van der Waals surface area contributed by atoms with E-state index in [9.17, 15) is 9.59 Å². The number of rotatable bonds is 14. The average Bonchev–Trinajstić information content (AvgIpc) is 3.72. The second-order valence-electron chi connectivity index (χ2n) is 9.10. The van der Waals surface area contributed by atoms with Gasteiger partial charge in [-0.2, -0.15) is 0 Å². The van der Waals surface area contributed by atoms with Crippen molar-refractivity contribution in [2.24, 2.45) is 0 Å². The van der Waals surface area contributed by atoms with Gasteiger partial charge in [-0.3, -0.25) is 9.59 Å². The number of nitrogens with one attached hydrogen (secondary N) is 2. The van der Waals surface area contributed by atoms with Crippen LogP contribution in [0.3, 0.4) is 0 Å². The van der Waals surface area contributed by atoms with Crippen LogP contribution in [0.15, 0.2) is 0 Å². The van der Waals surface area contributed by atoms with Crippen molar-refractivity contribution in [2.75, 3.05) is 19.0 Å². The first-order chi connectivity index (χ1) is 23.5. The van der Waals surface area contributed by atoms with E-state index in [0.717, 1.165) is 31.4 Å². The molecule has 0 spiro atoms. The molecule has 0 aromatic heterocycles. The maximum atomic E-state index is 12.3. The number of terminal acetylenes is 2. The van der Waals surface area contributed by atoms with E-state index in [1.807, 2.05) is 0 Å². The Bertz CT molecular complexity index is 1500. The van der Waals surface area contributed by atoms with E-state index < -0.39 is 5.79 Å². The molecule has 1 amide bonds. The maximum Gasteiger partial charge on any atom is 0.226 e. The van der Waals surface area contributed by atoms with Crippen LogP contribution >= 0.6 is 24.7 Å². The molecule has 2 heterocycles. The van der Waals surface area contributed by atoms with E-state index in [1.54, 1.807) is 0 Å². The van der Waals surface area contributed by atoms with Crippen LogP contribution in [-0.4, -0.2) is 47.1 Å². The number of unbranched alkanes of at least 4 members (excludes halogenated alkanes) is 6. The van der Waals surface area contributed by atoms with E-state index in [-0.39, 0.29) is 43.5 Å². The monoisotopic (exact) mass is 716 g/mol. The molecule has 0 aromatic rings. The van der Waals surface area contributed by atoms with Gasteiger partial charge in [0, 0.05) is 45.1 Å². The Labute approximate surface area is 314 Å². The van der Waals surface area contributed by atoms with Crippen molar-refractivity contribution in [3.63, 3.8) is 0 Å². The maximum absolute atomic E-state index is 12.3. The molecule has 48 heavy (non-hydrogen) atoms. The molecule has 0 radical (unpaired) electrons. The zero-order valence-electron chi connectivity index (χ0n) is 26.6. The fourth-order valence-electron chi connectivity index (χ4n) is 3.78. The van der Waals surface area contributed by atoms with Crippen LogP contribution in [0.1, 0.15) is 91.1 Å². The second-order valence-corrected chi connectivity index (χ2v) is 10.4. The SMILES string of the molecule is C#CC#CC#CC#CC#CC#CC#CC#CC#C.CCCCCCCCCC1(CC(=O)NC2CCSC2=O)OCCO1.OONOOS.[HH].[HH].[HH].[HH].[HH].[HH].[HH].[HH].[HH].[HH].[HH].[HH].[HH].[HH]. The Morgan fingerprint density at radius 1 is 0.896 bits per heavy atom. The summed E-state index contributed by atoms with van der Waals surface area (Å²) in [4.78, 5) is 30.7. The molecule has 0 aliphatic carbocycles. The van der Waals surface area contributed by atoms with E-state index in [2.05, 4.69) is 134 Å². The predicted octanol–water partition coefficient (Wildman–Crippen LogP) is 6.82. The van der Waals surface area contributed by atoms with Gasteiger partial charge in [0.15, 0.2) is 5.79 Å². The highest BCUT2D eigenvalue weighted by Crippen LogP contribution is 2.30. The molecule has 3 N–H and O–H groups in total. The van der Waals surface area contributed by atoms with Gasteiger partial charge >= 0.3 is 0 Å². The van der Waals surface area contributed by atoms with Crippen molar-refractivity contribution >= 4 is 35.7 Å². The van der Waals surface area contributed by atoms with Gasteiger partial charge in [-0.25, -0.2) is 5.26 Å². The first-order valence-electron chi connectivity index (χ1n) is 14.7. The molecule has 1 unspecified atom stereocenters. The molecule has 2 rings (SSSR count). The van der Waals surface area contributed by atoms with Crippen molar-refractivity contribution in [3.05, 3.63) is 0 Å². The summed E-state index contributed by atoms with van der Waals surface area (Å²) in [6.07, 6.45) is 20.0. The Kier molecular flexibility index (Phi) is 29.6. The second kappa shape index (κ2) is 32.5. The fourth-order valence-corrected chi connectivity index (χ4v) is 4.74. The molecule has 0 bridgehead atoms. The van der Waals surface area contributed by atoms with Gasteiger partial charge in [0.05, 0.1) is 25.7 Å². The third-order valence-corrected chi connectivity index (χ3v) is 6.82. The van der Waals surface area contributed by atoms with Gasteiger partial charge < -0.3 is 14.8 Å². The lowest BCUT2D eigenvalue weighted by Gasteiger charge is -2.27. The lowest BCUT2D eigenvalue weighted by Crippen LogP contribution is -2.43. The van der Waals surface area contributed by atoms with E-state index >= 15 is 0 Å². The van der Waals surface area contributed by atoms with Crippen LogP contribution in [-0.2, 0) is 33.4 Å². The summed E-state index contributed by atoms with van der Waals surface area (Å²) in [7, 11) is 0. The Balaban J connectivity index is -0.0000000410. The van der Waals surface area contributed by atoms with Crippen LogP contribution in [0.4, 0.5) is 0 Å². The minimum atomic E-state index is -0.775. The van der Waals surface area contributed by atoms with Crippen LogP contribution in [0.25, 0.3) is 0 Å². The normalized spacial score (nSPS) is 13.9. The molecule has 2 saturated heterocycles. The van der Waals surface area contributed by atoms with Gasteiger partial charge in [-0.05, 0) is 113 Å². The number of hydrogen-bond acceptors (Lipinski definition) is 11. The molecule has 10 nitrogen and oxygen atoms in total. The Morgan fingerprint density at radius 2 is 1.38 bits per heavy atom. The van der Waals surface area contributed by atoms with Crippen LogP contribution in [0.2, 0.25) is 0 Å². The number of thioether (sulfide) groups is 1. The summed E-state index contributed by atoms with van der Waals surface area (Å²) < 4.78 is 15.1. The van der Waals surface area contributed by atoms with Crippen LogP contribution in [0, 0.1) is 108 Å². The van der Waals surface area contributed by atoms with Gasteiger partial charge in [0.2, 0.25) is 11.0 Å². The zero-order chi connectivity index (χ0) is 35.4. The first kappa shape index (κ1) is 43.6. The van der Waals surface area contributed by atoms with Crippen molar-refractivity contribution < 1.29 is 58.6 Å². The number of amides is 1. The van der Waals surface area contributed by atoms with Crippen molar-refractivity contribution in [1.82, 2.24) is 11.0 Å². The molecular formula is C36H64N2O8S2. The van der Waals surface area contributed by atoms with Crippen molar-refractivity contribution in [1.29, 1.82) is 0 Å². The molecule has 1 atom stereocenters. The van der Waals surface area contributed by atoms with Crippen molar-refractivity contribution in [3.8, 4) is 108 Å². The zero-order valence-corrected chi connectivity index (χ0v) is 28.3. The Hall–Kier alpha value is -4.40. The van der Waals surface area contributed by atoms with E-state index in [4.69, 9.17) is 27.6 Å². The number of thiol groups is 1. The highest BCUT2D eigenvalue weighted by molar-refractivity contribution is 8.14. The minimum absolute atomic E-state index is 0. The Morgan fingerprint density at radius 3 is 1.77 bits per heavy atom. The summed E-state index contributed by atoms with van der Waals surface area (Å²) in [6, 6.07) is -0.334. The predicted molar refractivity (Wildman–Crippen MR) is 216 cm³/mol. The number of carbonyl (C=O) groups excluding carboxylic acids is 2. The topological polar surface area (TPSA) is 125 Å².